The highest BCUT2D eigenvalue weighted by molar-refractivity contribution is 5.96. The summed E-state index contributed by atoms with van der Waals surface area (Å²) in [6.45, 7) is -0.537. The van der Waals surface area contributed by atoms with Gasteiger partial charge in [-0.2, -0.15) is 43.9 Å². The maximum Gasteiger partial charge on any atom is 0.461 e. The van der Waals surface area contributed by atoms with Gasteiger partial charge in [0.25, 0.3) is 0 Å². The van der Waals surface area contributed by atoms with E-state index in [1.54, 1.807) is 0 Å². The van der Waals surface area contributed by atoms with Gasteiger partial charge in [0, 0.05) is 37.6 Å². The van der Waals surface area contributed by atoms with E-state index in [4.69, 9.17) is 0 Å². The molecule has 0 aromatic heterocycles. The van der Waals surface area contributed by atoms with Crippen LogP contribution in [0.3, 0.4) is 0 Å². The van der Waals surface area contributed by atoms with Gasteiger partial charge in [-0.1, -0.05) is 0 Å². The molecule has 0 aromatic carbocycles. The van der Waals surface area contributed by atoms with Crippen molar-refractivity contribution in [3.05, 3.63) is 24.6 Å². The van der Waals surface area contributed by atoms with Crippen molar-refractivity contribution in [1.29, 1.82) is 0 Å². The number of carbonyl (C=O) groups excluding carboxylic acids is 2. The first kappa shape index (κ1) is 23.7. The smallest absolute Gasteiger partial charge is 0.389 e. The molecule has 0 saturated carbocycles. The van der Waals surface area contributed by atoms with Crippen LogP contribution in [0, 0.1) is 0 Å². The summed E-state index contributed by atoms with van der Waals surface area (Å²) in [4.78, 5) is 21.3. The Bertz CT molecular complexity index is 513. The van der Waals surface area contributed by atoms with Crippen LogP contribution in [0.2, 0.25) is 0 Å². The Kier molecular flexibility index (Phi) is 7.66. The van der Waals surface area contributed by atoms with E-state index in [0.717, 1.165) is 0 Å². The van der Waals surface area contributed by atoms with E-state index in [-0.39, 0.29) is 25.2 Å². The van der Waals surface area contributed by atoms with E-state index in [1.165, 1.54) is 0 Å². The third kappa shape index (κ3) is 6.22. The van der Waals surface area contributed by atoms with Gasteiger partial charge in [0.1, 0.15) is 0 Å². The van der Waals surface area contributed by atoms with Crippen LogP contribution < -0.4 is 10.6 Å². The molecular formula is C12H10F10N2O2. The van der Waals surface area contributed by atoms with Crippen molar-refractivity contribution >= 4 is 11.6 Å². The fourth-order valence-corrected chi connectivity index (χ4v) is 1.07. The van der Waals surface area contributed by atoms with Crippen LogP contribution in [0.15, 0.2) is 24.6 Å². The second kappa shape index (κ2) is 8.40. The SMILES string of the molecule is O=C(/C=C\NCCN/C=C/C(=O)C(F)(F)C(F)(F)F)C(F)(F)C(F)(F)F. The first-order valence-electron chi connectivity index (χ1n) is 6.33. The number of nitrogens with one attached hydrogen (secondary N) is 2. The Morgan fingerprint density at radius 3 is 1.12 bits per heavy atom. The number of halogens is 10. The standard InChI is InChI=1S/C12H10F10N2O2/c13-9(14,11(17,18)19)7(25)1-3-23-5-6-24-4-2-8(26)10(15,16)12(20,21)22/h1-4,23-24H,5-6H2/b3-1-,4-2+. The minimum absolute atomic E-state index is 0.0866. The van der Waals surface area contributed by atoms with E-state index < -0.39 is 35.8 Å². The Hall–Kier alpha value is -2.28. The maximum absolute atomic E-state index is 12.5. The van der Waals surface area contributed by atoms with Gasteiger partial charge in [-0.3, -0.25) is 9.59 Å². The molecule has 0 heterocycles. The van der Waals surface area contributed by atoms with Crippen LogP contribution in [0.25, 0.3) is 0 Å². The second-order valence-electron chi connectivity index (χ2n) is 4.45. The molecule has 0 rings (SSSR count). The summed E-state index contributed by atoms with van der Waals surface area (Å²) in [5, 5.41) is 4.14. The lowest BCUT2D eigenvalue weighted by Gasteiger charge is -2.16. The van der Waals surface area contributed by atoms with E-state index in [9.17, 15) is 53.5 Å². The van der Waals surface area contributed by atoms with Crippen molar-refractivity contribution in [2.24, 2.45) is 0 Å². The molecule has 0 aliphatic heterocycles. The first-order valence-corrected chi connectivity index (χ1v) is 6.33. The topological polar surface area (TPSA) is 58.2 Å². The van der Waals surface area contributed by atoms with Crippen molar-refractivity contribution in [3.63, 3.8) is 0 Å². The molecule has 0 aliphatic carbocycles. The average Bonchev–Trinajstić information content (AvgIpc) is 2.46. The molecule has 14 heteroatoms. The van der Waals surface area contributed by atoms with E-state index >= 15 is 0 Å². The highest BCUT2D eigenvalue weighted by atomic mass is 19.4. The third-order valence-electron chi connectivity index (χ3n) is 2.45. The number of hydrogen-bond acceptors (Lipinski definition) is 4. The summed E-state index contributed by atoms with van der Waals surface area (Å²) in [6, 6.07) is 0. The van der Waals surface area contributed by atoms with Crippen molar-refractivity contribution < 1.29 is 53.5 Å². The molecule has 0 fully saturated rings. The van der Waals surface area contributed by atoms with E-state index in [1.807, 2.05) is 0 Å². The fourth-order valence-electron chi connectivity index (χ4n) is 1.07. The van der Waals surface area contributed by atoms with Crippen LogP contribution in [0.4, 0.5) is 43.9 Å². The Balaban J connectivity index is 4.27. The minimum atomic E-state index is -6.06. The Labute approximate surface area is 138 Å². The highest BCUT2D eigenvalue weighted by Crippen LogP contribution is 2.37. The van der Waals surface area contributed by atoms with Gasteiger partial charge >= 0.3 is 24.2 Å². The summed E-state index contributed by atoms with van der Waals surface area (Å²) < 4.78 is 121. The lowest BCUT2D eigenvalue weighted by atomic mass is 10.2. The van der Waals surface area contributed by atoms with Gasteiger partial charge in [0.2, 0.25) is 11.6 Å². The lowest BCUT2D eigenvalue weighted by Crippen LogP contribution is -2.43. The van der Waals surface area contributed by atoms with Crippen LogP contribution in [0.5, 0.6) is 0 Å². The number of ketones is 2. The molecule has 4 nitrogen and oxygen atoms in total. The molecule has 0 aromatic rings. The third-order valence-corrected chi connectivity index (χ3v) is 2.45. The van der Waals surface area contributed by atoms with Crippen LogP contribution in [0.1, 0.15) is 0 Å². The van der Waals surface area contributed by atoms with Gasteiger partial charge in [-0.15, -0.1) is 0 Å². The van der Waals surface area contributed by atoms with Crippen molar-refractivity contribution in [2.45, 2.75) is 24.2 Å². The fraction of sp³-hybridized carbons (Fsp3) is 0.500. The zero-order chi connectivity index (χ0) is 20.8. The normalized spacial score (nSPS) is 14.1. The molecule has 0 unspecified atom stereocenters. The molecule has 0 amide bonds. The minimum Gasteiger partial charge on any atom is -0.389 e. The van der Waals surface area contributed by atoms with Gasteiger partial charge in [-0.25, -0.2) is 0 Å². The maximum atomic E-state index is 12.5. The zero-order valence-electron chi connectivity index (χ0n) is 12.3. The summed E-state index contributed by atoms with van der Waals surface area (Å²) in [5.74, 6) is -16.2. The molecule has 2 N–H and O–H groups in total. The molecule has 0 spiro atoms. The first-order chi connectivity index (χ1) is 11.5. The molecule has 26 heavy (non-hydrogen) atoms. The lowest BCUT2D eigenvalue weighted by molar-refractivity contribution is -0.266. The number of allylic oxidation sites excluding steroid dienone is 2. The van der Waals surface area contributed by atoms with Crippen LogP contribution in [-0.2, 0) is 9.59 Å². The van der Waals surface area contributed by atoms with Crippen molar-refractivity contribution in [1.82, 2.24) is 10.6 Å². The van der Waals surface area contributed by atoms with Gasteiger partial charge in [0.15, 0.2) is 0 Å². The van der Waals surface area contributed by atoms with Gasteiger partial charge in [-0.05, 0) is 0 Å². The molecule has 0 atom stereocenters. The summed E-state index contributed by atoms with van der Waals surface area (Å²) >= 11 is 0. The van der Waals surface area contributed by atoms with Crippen molar-refractivity contribution in [3.8, 4) is 0 Å². The highest BCUT2D eigenvalue weighted by Gasteiger charge is 2.62. The Morgan fingerprint density at radius 1 is 0.615 bits per heavy atom. The van der Waals surface area contributed by atoms with E-state index in [2.05, 4.69) is 10.6 Å². The molecule has 0 bridgehead atoms. The van der Waals surface area contributed by atoms with Crippen LogP contribution in [-0.4, -0.2) is 48.9 Å². The monoisotopic (exact) mass is 404 g/mol. The number of carbonyl (C=O) groups is 2. The number of alkyl halides is 10. The quantitative estimate of drug-likeness (QED) is 0.353. The molecule has 0 radical (unpaired) electrons. The molecule has 0 aliphatic rings. The second-order valence-corrected chi connectivity index (χ2v) is 4.45. The summed E-state index contributed by atoms with van der Waals surface area (Å²) in [6.07, 6.45) is -11.4. The molecule has 0 saturated heterocycles. The summed E-state index contributed by atoms with van der Waals surface area (Å²) in [5.41, 5.74) is 0. The van der Waals surface area contributed by atoms with Gasteiger partial charge < -0.3 is 10.6 Å². The summed E-state index contributed by atoms with van der Waals surface area (Å²) in [7, 11) is 0. The van der Waals surface area contributed by atoms with Crippen molar-refractivity contribution in [2.75, 3.05) is 13.1 Å². The molecule has 150 valence electrons. The predicted octanol–water partition coefficient (Wildman–Crippen LogP) is 2.73. The van der Waals surface area contributed by atoms with Gasteiger partial charge in [0.05, 0.1) is 0 Å². The Morgan fingerprint density at radius 2 is 0.885 bits per heavy atom. The average molecular weight is 404 g/mol. The zero-order valence-corrected chi connectivity index (χ0v) is 12.3. The number of rotatable bonds is 9. The largest absolute Gasteiger partial charge is 0.461 e. The van der Waals surface area contributed by atoms with Crippen LogP contribution >= 0.6 is 0 Å². The number of hydrogen-bond donors (Lipinski definition) is 2. The predicted molar refractivity (Wildman–Crippen MR) is 66.3 cm³/mol. The van der Waals surface area contributed by atoms with E-state index in [0.29, 0.717) is 12.4 Å². The molecular weight excluding hydrogens is 394 g/mol.